The van der Waals surface area contributed by atoms with Crippen LogP contribution < -0.4 is 0 Å². The van der Waals surface area contributed by atoms with Crippen LogP contribution in [0.3, 0.4) is 0 Å². The Morgan fingerprint density at radius 3 is 1.71 bits per heavy atom. The van der Waals surface area contributed by atoms with E-state index in [1.807, 2.05) is 30.3 Å². The van der Waals surface area contributed by atoms with Gasteiger partial charge in [-0.1, -0.05) is 194 Å². The Labute approximate surface area is 357 Å². The standard InChI is InChI=1S/C57H36N4O/c1-4-16-37(17-5-1)49-36-50(59-57(58-49)44-24-14-23-42(34-44)46-27-15-28-48-47-26-12-13-29-52(47)62-56(46)48)38-30-32-39(33-31-38)51-35-43-22-10-11-25-45(43)55-53(40-18-6-2-7-19-40)54(60-61(51)55)41-20-8-3-9-21-41/h1-36H. The van der Waals surface area contributed by atoms with Crippen LogP contribution in [0, 0.1) is 0 Å². The zero-order valence-corrected chi connectivity index (χ0v) is 33.5. The number of hydrogen-bond acceptors (Lipinski definition) is 4. The van der Waals surface area contributed by atoms with Crippen molar-refractivity contribution in [3.05, 3.63) is 218 Å². The first-order chi connectivity index (χ1) is 30.7. The summed E-state index contributed by atoms with van der Waals surface area (Å²) in [5, 5.41) is 9.92. The van der Waals surface area contributed by atoms with Gasteiger partial charge in [0.2, 0.25) is 0 Å². The molecule has 4 heterocycles. The lowest BCUT2D eigenvalue weighted by molar-refractivity contribution is 0.670. The minimum absolute atomic E-state index is 0.652. The van der Waals surface area contributed by atoms with Gasteiger partial charge in [-0.2, -0.15) is 5.10 Å². The molecule has 12 rings (SSSR count). The van der Waals surface area contributed by atoms with E-state index in [-0.39, 0.29) is 0 Å². The van der Waals surface area contributed by atoms with E-state index in [1.165, 1.54) is 0 Å². The van der Waals surface area contributed by atoms with Crippen LogP contribution in [0.4, 0.5) is 0 Å². The van der Waals surface area contributed by atoms with Crippen molar-refractivity contribution in [2.75, 3.05) is 0 Å². The summed E-state index contributed by atoms with van der Waals surface area (Å²) in [6.07, 6.45) is 0. The summed E-state index contributed by atoms with van der Waals surface area (Å²) < 4.78 is 8.57. The van der Waals surface area contributed by atoms with Crippen molar-refractivity contribution in [2.45, 2.75) is 0 Å². The topological polar surface area (TPSA) is 56.2 Å². The Kier molecular flexibility index (Phi) is 8.42. The van der Waals surface area contributed by atoms with Crippen molar-refractivity contribution < 1.29 is 4.42 Å². The molecule has 4 aromatic heterocycles. The second kappa shape index (κ2) is 14.7. The van der Waals surface area contributed by atoms with Crippen LogP contribution in [-0.4, -0.2) is 19.6 Å². The third kappa shape index (κ3) is 6.06. The van der Waals surface area contributed by atoms with E-state index < -0.39 is 0 Å². The highest BCUT2D eigenvalue weighted by Crippen LogP contribution is 2.42. The summed E-state index contributed by atoms with van der Waals surface area (Å²) in [5.41, 5.74) is 15.9. The molecular weight excluding hydrogens is 757 g/mol. The summed E-state index contributed by atoms with van der Waals surface area (Å²) in [5.74, 6) is 0.652. The molecule has 0 N–H and O–H groups in total. The van der Waals surface area contributed by atoms with Gasteiger partial charge in [0.1, 0.15) is 16.9 Å². The number of hydrogen-bond donors (Lipinski definition) is 0. The molecule has 5 heteroatoms. The molecule has 0 aliphatic heterocycles. The van der Waals surface area contributed by atoms with E-state index in [1.54, 1.807) is 0 Å². The summed E-state index contributed by atoms with van der Waals surface area (Å²) in [6, 6.07) is 76.1. The van der Waals surface area contributed by atoms with Crippen LogP contribution in [0.5, 0.6) is 0 Å². The summed E-state index contributed by atoms with van der Waals surface area (Å²) >= 11 is 0. The fraction of sp³-hybridized carbons (Fsp3) is 0. The van der Waals surface area contributed by atoms with Gasteiger partial charge in [0.15, 0.2) is 5.82 Å². The number of nitrogens with zero attached hydrogens (tertiary/aromatic N) is 4. The van der Waals surface area contributed by atoms with Crippen LogP contribution >= 0.6 is 0 Å². The van der Waals surface area contributed by atoms with Gasteiger partial charge in [0, 0.05) is 55.1 Å². The fourth-order valence-corrected chi connectivity index (χ4v) is 8.86. The molecule has 0 unspecified atom stereocenters. The lowest BCUT2D eigenvalue weighted by Crippen LogP contribution is -1.97. The van der Waals surface area contributed by atoms with E-state index in [2.05, 4.69) is 193 Å². The van der Waals surface area contributed by atoms with Crippen LogP contribution in [-0.2, 0) is 0 Å². The fourth-order valence-electron chi connectivity index (χ4n) is 8.86. The molecule has 62 heavy (non-hydrogen) atoms. The molecule has 0 spiro atoms. The average Bonchev–Trinajstić information content (AvgIpc) is 3.95. The smallest absolute Gasteiger partial charge is 0.160 e. The minimum atomic E-state index is 0.652. The maximum atomic E-state index is 6.43. The number of furan rings is 1. The highest BCUT2D eigenvalue weighted by Gasteiger charge is 2.22. The van der Waals surface area contributed by atoms with E-state index in [0.29, 0.717) is 5.82 Å². The van der Waals surface area contributed by atoms with Crippen molar-refractivity contribution in [3.8, 4) is 78.7 Å². The molecule has 0 saturated heterocycles. The van der Waals surface area contributed by atoms with Crippen LogP contribution in [0.1, 0.15) is 0 Å². The van der Waals surface area contributed by atoms with Crippen molar-refractivity contribution in [3.63, 3.8) is 0 Å². The average molecular weight is 793 g/mol. The third-order valence-electron chi connectivity index (χ3n) is 11.8. The first kappa shape index (κ1) is 35.5. The Balaban J connectivity index is 0.992. The second-order valence-corrected chi connectivity index (χ2v) is 15.6. The number of para-hydroxylation sites is 2. The predicted octanol–water partition coefficient (Wildman–Crippen LogP) is 14.8. The van der Waals surface area contributed by atoms with Gasteiger partial charge in [-0.05, 0) is 40.8 Å². The number of rotatable bonds is 7. The molecule has 0 bridgehead atoms. The van der Waals surface area contributed by atoms with Gasteiger partial charge in [0.05, 0.1) is 22.6 Å². The van der Waals surface area contributed by atoms with Gasteiger partial charge in [0.25, 0.3) is 0 Å². The lowest BCUT2D eigenvalue weighted by atomic mass is 9.97. The summed E-state index contributed by atoms with van der Waals surface area (Å²) in [4.78, 5) is 10.4. The molecule has 290 valence electrons. The molecule has 0 aliphatic carbocycles. The molecule has 5 nitrogen and oxygen atoms in total. The van der Waals surface area contributed by atoms with Crippen molar-refractivity contribution in [2.24, 2.45) is 0 Å². The third-order valence-corrected chi connectivity index (χ3v) is 11.8. The molecule has 0 atom stereocenters. The molecule has 0 amide bonds. The second-order valence-electron chi connectivity index (χ2n) is 15.6. The Bertz CT molecular complexity index is 3610. The molecular formula is C57H36N4O. The van der Waals surface area contributed by atoms with Crippen molar-refractivity contribution in [1.82, 2.24) is 19.6 Å². The zero-order valence-electron chi connectivity index (χ0n) is 33.5. The maximum absolute atomic E-state index is 6.43. The molecule has 0 aliphatic rings. The molecule has 0 saturated carbocycles. The summed E-state index contributed by atoms with van der Waals surface area (Å²) in [7, 11) is 0. The molecule has 8 aromatic carbocycles. The van der Waals surface area contributed by atoms with Crippen molar-refractivity contribution in [1.29, 1.82) is 0 Å². The van der Waals surface area contributed by atoms with Crippen LogP contribution in [0.25, 0.3) is 117 Å². The van der Waals surface area contributed by atoms with Crippen LogP contribution in [0.15, 0.2) is 223 Å². The highest BCUT2D eigenvalue weighted by molar-refractivity contribution is 6.10. The van der Waals surface area contributed by atoms with E-state index in [4.69, 9.17) is 19.5 Å². The van der Waals surface area contributed by atoms with Crippen molar-refractivity contribution >= 4 is 38.2 Å². The molecule has 0 fully saturated rings. The number of aromatic nitrogens is 4. The Morgan fingerprint density at radius 1 is 0.387 bits per heavy atom. The van der Waals surface area contributed by atoms with E-state index >= 15 is 0 Å². The summed E-state index contributed by atoms with van der Waals surface area (Å²) in [6.45, 7) is 0. The number of pyridine rings is 1. The maximum Gasteiger partial charge on any atom is 0.160 e. The van der Waals surface area contributed by atoms with Gasteiger partial charge in [-0.15, -0.1) is 0 Å². The van der Waals surface area contributed by atoms with Gasteiger partial charge in [-0.3, -0.25) is 0 Å². The monoisotopic (exact) mass is 792 g/mol. The largest absolute Gasteiger partial charge is 0.455 e. The predicted molar refractivity (Wildman–Crippen MR) is 254 cm³/mol. The number of benzene rings is 8. The van der Waals surface area contributed by atoms with Crippen LogP contribution in [0.2, 0.25) is 0 Å². The first-order valence-corrected chi connectivity index (χ1v) is 20.9. The zero-order chi connectivity index (χ0) is 41.0. The first-order valence-electron chi connectivity index (χ1n) is 20.9. The lowest BCUT2D eigenvalue weighted by Gasteiger charge is -2.12. The minimum Gasteiger partial charge on any atom is -0.455 e. The van der Waals surface area contributed by atoms with Gasteiger partial charge >= 0.3 is 0 Å². The highest BCUT2D eigenvalue weighted by atomic mass is 16.3. The SMILES string of the molecule is c1ccc(-c2cc(-c3ccc(-c4cc5ccccc5c5c(-c6ccccc6)c(-c6ccccc6)nn45)cc3)nc(-c3cccc(-c4cccc5c4oc4ccccc45)c3)n2)cc1. The number of fused-ring (bicyclic) bond motifs is 6. The Hall–Kier alpha value is -8.41. The van der Waals surface area contributed by atoms with Gasteiger partial charge in [-0.25, -0.2) is 14.5 Å². The molecule has 12 aromatic rings. The quantitative estimate of drug-likeness (QED) is 0.161. The molecule has 0 radical (unpaired) electrons. The van der Waals surface area contributed by atoms with E-state index in [0.717, 1.165) is 111 Å². The Morgan fingerprint density at radius 2 is 0.952 bits per heavy atom. The normalized spacial score (nSPS) is 11.5. The van der Waals surface area contributed by atoms with Gasteiger partial charge < -0.3 is 4.42 Å². The van der Waals surface area contributed by atoms with E-state index in [9.17, 15) is 0 Å².